The van der Waals surface area contributed by atoms with Crippen LogP contribution in [0.1, 0.15) is 25.7 Å². The summed E-state index contributed by atoms with van der Waals surface area (Å²) in [4.78, 5) is 17.8. The molecule has 2 atom stereocenters. The first-order chi connectivity index (χ1) is 13.2. The highest BCUT2D eigenvalue weighted by Crippen LogP contribution is 2.45. The number of aromatic nitrogens is 1. The number of anilines is 1. The van der Waals surface area contributed by atoms with Gasteiger partial charge >= 0.3 is 0 Å². The molecule has 6 nitrogen and oxygen atoms in total. The third-order valence-corrected chi connectivity index (χ3v) is 6.66. The lowest BCUT2D eigenvalue weighted by atomic mass is 9.68. The number of nitrogens with zero attached hydrogens (tertiary/aromatic N) is 1. The molecule has 4 rings (SSSR count). The topological polar surface area (TPSA) is 72.5 Å². The van der Waals surface area contributed by atoms with Gasteiger partial charge in [-0.05, 0) is 43.5 Å². The number of thiazole rings is 1. The first kappa shape index (κ1) is 20.9. The van der Waals surface area contributed by atoms with Gasteiger partial charge in [-0.15, -0.1) is 23.7 Å². The Morgan fingerprint density at radius 3 is 2.96 bits per heavy atom. The summed E-state index contributed by atoms with van der Waals surface area (Å²) < 4.78 is 10.8. The monoisotopic (exact) mass is 423 g/mol. The first-order valence-corrected chi connectivity index (χ1v) is 10.2. The van der Waals surface area contributed by atoms with E-state index >= 15 is 0 Å². The van der Waals surface area contributed by atoms with Crippen LogP contribution in [0.3, 0.4) is 0 Å². The minimum atomic E-state index is -0.280. The number of halogens is 1. The lowest BCUT2D eigenvalue weighted by Crippen LogP contribution is -2.44. The minimum Gasteiger partial charge on any atom is -0.497 e. The number of fused-ring (bicyclic) bond motifs is 1. The molecule has 2 fully saturated rings. The van der Waals surface area contributed by atoms with E-state index in [9.17, 15) is 4.79 Å². The molecule has 0 radical (unpaired) electrons. The Labute approximate surface area is 175 Å². The average Bonchev–Trinajstić information content (AvgIpc) is 3.35. The predicted molar refractivity (Wildman–Crippen MR) is 114 cm³/mol. The van der Waals surface area contributed by atoms with Crippen molar-refractivity contribution in [2.24, 2.45) is 11.3 Å². The molecule has 1 saturated heterocycles. The number of carbonyl (C=O) groups excluding carboxylic acids is 1. The Balaban J connectivity index is 0.00000225. The van der Waals surface area contributed by atoms with Gasteiger partial charge in [0.15, 0.2) is 5.13 Å². The molecule has 1 amide bonds. The molecule has 152 valence electrons. The number of carbonyl (C=O) groups is 1. The fourth-order valence-corrected chi connectivity index (χ4v) is 5.09. The highest BCUT2D eigenvalue weighted by molar-refractivity contribution is 7.14. The number of nitrogens with one attached hydrogen (secondary N) is 2. The van der Waals surface area contributed by atoms with Crippen LogP contribution in [-0.2, 0) is 4.79 Å². The van der Waals surface area contributed by atoms with Crippen LogP contribution in [0.5, 0.6) is 11.5 Å². The van der Waals surface area contributed by atoms with Gasteiger partial charge in [-0.2, -0.15) is 0 Å². The number of hydrogen-bond acceptors (Lipinski definition) is 6. The second-order valence-electron chi connectivity index (χ2n) is 7.29. The van der Waals surface area contributed by atoms with Crippen molar-refractivity contribution in [3.05, 3.63) is 23.6 Å². The normalized spacial score (nSPS) is 23.4. The Bertz CT molecular complexity index is 844. The van der Waals surface area contributed by atoms with Crippen LogP contribution in [-0.4, -0.2) is 38.2 Å². The fourth-order valence-electron chi connectivity index (χ4n) is 4.38. The highest BCUT2D eigenvalue weighted by Gasteiger charge is 2.50. The summed E-state index contributed by atoms with van der Waals surface area (Å²) in [5, 5.41) is 9.08. The summed E-state index contributed by atoms with van der Waals surface area (Å²) in [6.45, 7) is 1.71. The van der Waals surface area contributed by atoms with E-state index < -0.39 is 0 Å². The second-order valence-corrected chi connectivity index (χ2v) is 8.15. The van der Waals surface area contributed by atoms with Crippen molar-refractivity contribution in [2.75, 3.05) is 32.6 Å². The third-order valence-electron chi connectivity index (χ3n) is 5.90. The van der Waals surface area contributed by atoms with E-state index in [0.717, 1.165) is 55.1 Å². The summed E-state index contributed by atoms with van der Waals surface area (Å²) in [5.74, 6) is 2.01. The standard InChI is InChI=1S/C20H25N3O3S.ClH/c1-25-14-6-7-17(26-2)15(9-14)16-11-27-19(22-16)23-18(24)20-8-4-3-5-13(20)10-21-12-20;/h6-7,9,11,13,21H,3-5,8,10,12H2,1-2H3,(H,22,23,24);1H/t13-,20+;/m0./s1. The molecule has 2 N–H and O–H groups in total. The van der Waals surface area contributed by atoms with Crippen LogP contribution in [0.25, 0.3) is 11.3 Å². The summed E-state index contributed by atoms with van der Waals surface area (Å²) in [6.07, 6.45) is 4.43. The fraction of sp³-hybridized carbons (Fsp3) is 0.500. The first-order valence-electron chi connectivity index (χ1n) is 9.36. The summed E-state index contributed by atoms with van der Waals surface area (Å²) in [6, 6.07) is 5.62. The van der Waals surface area contributed by atoms with Crippen LogP contribution in [0.2, 0.25) is 0 Å². The van der Waals surface area contributed by atoms with E-state index in [-0.39, 0.29) is 23.7 Å². The number of hydrogen-bond donors (Lipinski definition) is 2. The molecule has 28 heavy (non-hydrogen) atoms. The highest BCUT2D eigenvalue weighted by atomic mass is 35.5. The SMILES string of the molecule is COc1ccc(OC)c(-c2csc(NC(=O)[C@@]34CCCC[C@H]3CNC4)n2)c1.Cl. The minimum absolute atomic E-state index is 0. The van der Waals surface area contributed by atoms with Crippen molar-refractivity contribution in [3.8, 4) is 22.8 Å². The summed E-state index contributed by atoms with van der Waals surface area (Å²) >= 11 is 1.44. The maximum atomic E-state index is 13.1. The van der Waals surface area contributed by atoms with E-state index in [2.05, 4.69) is 15.6 Å². The molecule has 1 aliphatic carbocycles. The number of benzene rings is 1. The Hall–Kier alpha value is -1.83. The van der Waals surface area contributed by atoms with Gasteiger partial charge < -0.3 is 20.1 Å². The second kappa shape index (κ2) is 8.68. The predicted octanol–water partition coefficient (Wildman–Crippen LogP) is 3.97. The van der Waals surface area contributed by atoms with Crippen LogP contribution in [0.15, 0.2) is 23.6 Å². The number of methoxy groups -OCH3 is 2. The van der Waals surface area contributed by atoms with E-state index in [1.165, 1.54) is 17.8 Å². The molecular weight excluding hydrogens is 398 g/mol. The molecule has 8 heteroatoms. The maximum absolute atomic E-state index is 13.1. The lowest BCUT2D eigenvalue weighted by molar-refractivity contribution is -0.128. The third kappa shape index (κ3) is 3.71. The molecule has 2 aromatic rings. The molecule has 0 spiro atoms. The molecule has 0 bridgehead atoms. The van der Waals surface area contributed by atoms with Gasteiger partial charge in [0.25, 0.3) is 0 Å². The molecule has 1 aromatic heterocycles. The number of amides is 1. The number of ether oxygens (including phenoxy) is 2. The van der Waals surface area contributed by atoms with Crippen molar-refractivity contribution < 1.29 is 14.3 Å². The zero-order chi connectivity index (χ0) is 18.9. The molecule has 0 unspecified atom stereocenters. The molecule has 1 saturated carbocycles. The van der Waals surface area contributed by atoms with Gasteiger partial charge in [-0.1, -0.05) is 12.8 Å². The summed E-state index contributed by atoms with van der Waals surface area (Å²) in [7, 11) is 3.27. The van der Waals surface area contributed by atoms with Crippen LogP contribution >= 0.6 is 23.7 Å². The molecule has 1 aromatic carbocycles. The van der Waals surface area contributed by atoms with Crippen molar-refractivity contribution in [3.63, 3.8) is 0 Å². The van der Waals surface area contributed by atoms with Crippen molar-refractivity contribution >= 4 is 34.8 Å². The van der Waals surface area contributed by atoms with Gasteiger partial charge in [-0.3, -0.25) is 4.79 Å². The van der Waals surface area contributed by atoms with Crippen LogP contribution in [0.4, 0.5) is 5.13 Å². The van der Waals surface area contributed by atoms with Crippen molar-refractivity contribution in [2.45, 2.75) is 25.7 Å². The quantitative estimate of drug-likeness (QED) is 0.761. The largest absolute Gasteiger partial charge is 0.497 e. The van der Waals surface area contributed by atoms with E-state index in [4.69, 9.17) is 9.47 Å². The maximum Gasteiger partial charge on any atom is 0.233 e. The molecule has 1 aliphatic heterocycles. The molecule has 2 heterocycles. The van der Waals surface area contributed by atoms with Gasteiger partial charge in [-0.25, -0.2) is 4.98 Å². The Kier molecular flexibility index (Phi) is 6.47. The zero-order valence-electron chi connectivity index (χ0n) is 16.1. The van der Waals surface area contributed by atoms with Gasteiger partial charge in [0.1, 0.15) is 11.5 Å². The average molecular weight is 424 g/mol. The van der Waals surface area contributed by atoms with Gasteiger partial charge in [0.05, 0.1) is 25.3 Å². The van der Waals surface area contributed by atoms with Crippen LogP contribution < -0.4 is 20.1 Å². The lowest BCUT2D eigenvalue weighted by Gasteiger charge is -2.36. The number of rotatable bonds is 5. The van der Waals surface area contributed by atoms with Crippen molar-refractivity contribution in [1.29, 1.82) is 0 Å². The Morgan fingerprint density at radius 1 is 1.32 bits per heavy atom. The van der Waals surface area contributed by atoms with E-state index in [1.54, 1.807) is 14.2 Å². The zero-order valence-corrected chi connectivity index (χ0v) is 17.8. The summed E-state index contributed by atoms with van der Waals surface area (Å²) in [5.41, 5.74) is 1.34. The van der Waals surface area contributed by atoms with E-state index in [1.807, 2.05) is 23.6 Å². The van der Waals surface area contributed by atoms with Gasteiger partial charge in [0, 0.05) is 17.5 Å². The Morgan fingerprint density at radius 2 is 2.18 bits per heavy atom. The van der Waals surface area contributed by atoms with Gasteiger partial charge in [0.2, 0.25) is 5.91 Å². The molecule has 2 aliphatic rings. The van der Waals surface area contributed by atoms with Crippen LogP contribution in [0, 0.1) is 11.3 Å². The van der Waals surface area contributed by atoms with E-state index in [0.29, 0.717) is 11.0 Å². The van der Waals surface area contributed by atoms with Crippen molar-refractivity contribution in [1.82, 2.24) is 10.3 Å². The molecular formula is C20H26ClN3O3S. The smallest absolute Gasteiger partial charge is 0.233 e.